The maximum absolute atomic E-state index is 13.3. The predicted octanol–water partition coefficient (Wildman–Crippen LogP) is 2.90. The van der Waals surface area contributed by atoms with Gasteiger partial charge in [-0.25, -0.2) is 9.59 Å². The molecule has 192 valence electrons. The van der Waals surface area contributed by atoms with Crippen LogP contribution in [0.1, 0.15) is 30.4 Å². The molecule has 3 heterocycles. The van der Waals surface area contributed by atoms with E-state index in [9.17, 15) is 24.0 Å². The van der Waals surface area contributed by atoms with E-state index in [1.54, 1.807) is 0 Å². The topological polar surface area (TPSA) is 157 Å². The van der Waals surface area contributed by atoms with Crippen LogP contribution in [0.2, 0.25) is 0 Å². The van der Waals surface area contributed by atoms with Crippen LogP contribution in [0.15, 0.2) is 46.0 Å². The molecule has 0 atom stereocenters. The molecule has 15 heteroatoms. The van der Waals surface area contributed by atoms with Crippen LogP contribution in [0.3, 0.4) is 0 Å². The van der Waals surface area contributed by atoms with Crippen molar-refractivity contribution in [1.82, 2.24) is 19.0 Å². The fraction of sp³-hybridized carbons (Fsp3) is 0.0870. The fourth-order valence-electron chi connectivity index (χ4n) is 3.90. The van der Waals surface area contributed by atoms with Crippen LogP contribution in [-0.2, 0) is 9.47 Å². The molecule has 0 unspecified atom stereocenters. The van der Waals surface area contributed by atoms with Crippen LogP contribution >= 0.6 is 35.8 Å². The Morgan fingerprint density at radius 1 is 0.921 bits per heavy atom. The van der Waals surface area contributed by atoms with Crippen LogP contribution in [0.4, 0.5) is 0 Å². The number of hydrogen-bond acceptors (Lipinski definition) is 10. The number of hydrogen-bond donors (Lipinski definition) is 3. The molecule has 0 spiro atoms. The van der Waals surface area contributed by atoms with Crippen molar-refractivity contribution in [3.8, 4) is 0 Å². The average Bonchev–Trinajstić information content (AvgIpc) is 3.25. The Morgan fingerprint density at radius 2 is 1.55 bits per heavy atom. The number of esters is 2. The molecule has 3 N–H and O–H groups in total. The number of carbonyl (C=O) groups excluding carboxylic acids is 3. The normalized spacial score (nSPS) is 11.1. The minimum Gasteiger partial charge on any atom is -0.465 e. The fourth-order valence-corrected chi connectivity index (χ4v) is 5.42. The Hall–Kier alpha value is -4.47. The van der Waals surface area contributed by atoms with Crippen LogP contribution in [-0.4, -0.2) is 51.1 Å². The maximum atomic E-state index is 13.3. The second-order valence-electron chi connectivity index (χ2n) is 7.82. The first-order valence-corrected chi connectivity index (χ1v) is 12.3. The summed E-state index contributed by atoms with van der Waals surface area (Å²) >= 11 is 11.6. The summed E-state index contributed by atoms with van der Waals surface area (Å²) < 4.78 is 11.8. The number of nitrogens with zero attached hydrogens (tertiary/aromatic N) is 2. The Labute approximate surface area is 225 Å². The molecule has 0 radical (unpaired) electrons. The number of amides is 1. The maximum Gasteiger partial charge on any atom is 0.337 e. The third kappa shape index (κ3) is 4.02. The smallest absolute Gasteiger partial charge is 0.337 e. The quantitative estimate of drug-likeness (QED) is 0.219. The Morgan fingerprint density at radius 3 is 2.21 bits per heavy atom. The van der Waals surface area contributed by atoms with Crippen LogP contribution in [0, 0.1) is 8.73 Å². The molecule has 2 aromatic carbocycles. The molecule has 0 fully saturated rings. The molecule has 0 aliphatic heterocycles. The third-order valence-corrected chi connectivity index (χ3v) is 7.34. The van der Waals surface area contributed by atoms with Gasteiger partial charge in [0, 0.05) is 0 Å². The Bertz CT molecular complexity index is 2080. The molecule has 5 rings (SSSR count). The number of rotatable bonds is 4. The first kappa shape index (κ1) is 25.2. The summed E-state index contributed by atoms with van der Waals surface area (Å²) in [6.45, 7) is 0. The van der Waals surface area contributed by atoms with E-state index < -0.39 is 29.0 Å². The number of fused-ring (bicyclic) bond motifs is 4. The van der Waals surface area contributed by atoms with Gasteiger partial charge in [0.25, 0.3) is 17.0 Å². The second kappa shape index (κ2) is 9.44. The van der Waals surface area contributed by atoms with E-state index >= 15 is 0 Å². The molecule has 12 nitrogen and oxygen atoms in total. The standard InChI is InChI=1S/C23H15N5O7S3/c1-34-20(32)9-3-5-11-13(7-9)24-22(36)28(19(11)31)26-18(30)15-16-25-17(29)12-6-4-10(21(33)35-2)8-14(12)27(16)23(37)38-15/h3-8H,1-2H3,(H,24,36)(H,25,29)(H,26,30). The summed E-state index contributed by atoms with van der Waals surface area (Å²) in [5, 5.41) is 0.390. The first-order valence-electron chi connectivity index (χ1n) is 10.6. The van der Waals surface area contributed by atoms with E-state index in [1.165, 1.54) is 55.0 Å². The van der Waals surface area contributed by atoms with E-state index in [0.717, 1.165) is 16.0 Å². The Kier molecular flexibility index (Phi) is 6.26. The van der Waals surface area contributed by atoms with Crippen molar-refractivity contribution in [1.29, 1.82) is 0 Å². The van der Waals surface area contributed by atoms with E-state index in [0.29, 0.717) is 5.52 Å². The minimum absolute atomic E-state index is 0.0000859. The molecule has 0 aliphatic rings. The zero-order valence-corrected chi connectivity index (χ0v) is 21.9. The van der Waals surface area contributed by atoms with E-state index in [-0.39, 0.29) is 46.7 Å². The first-order chi connectivity index (χ1) is 18.1. The van der Waals surface area contributed by atoms with Gasteiger partial charge >= 0.3 is 11.9 Å². The summed E-state index contributed by atoms with van der Waals surface area (Å²) in [5.74, 6) is -1.97. The van der Waals surface area contributed by atoms with Crippen molar-refractivity contribution in [3.05, 3.63) is 81.8 Å². The summed E-state index contributed by atoms with van der Waals surface area (Å²) in [4.78, 5) is 68.5. The number of ether oxygens (including phenoxy) is 2. The van der Waals surface area contributed by atoms with Crippen LogP contribution in [0.25, 0.3) is 27.5 Å². The van der Waals surface area contributed by atoms with Crippen molar-refractivity contribution in [2.45, 2.75) is 0 Å². The van der Waals surface area contributed by atoms with Gasteiger partial charge in [-0.05, 0) is 60.8 Å². The van der Waals surface area contributed by atoms with Gasteiger partial charge in [0.1, 0.15) is 10.5 Å². The number of aromatic amines is 2. The van der Waals surface area contributed by atoms with Crippen molar-refractivity contribution in [2.75, 3.05) is 19.6 Å². The van der Waals surface area contributed by atoms with Gasteiger partial charge < -0.3 is 19.4 Å². The van der Waals surface area contributed by atoms with Gasteiger partial charge in [-0.2, -0.15) is 4.68 Å². The number of thiazole rings is 1. The highest BCUT2D eigenvalue weighted by molar-refractivity contribution is 7.73. The second-order valence-corrected chi connectivity index (χ2v) is 9.85. The zero-order chi connectivity index (χ0) is 27.3. The molecular weight excluding hydrogens is 554 g/mol. The van der Waals surface area contributed by atoms with Crippen molar-refractivity contribution < 1.29 is 23.9 Å². The van der Waals surface area contributed by atoms with Gasteiger partial charge in [0.05, 0.1) is 47.2 Å². The minimum atomic E-state index is -0.769. The number of aromatic nitrogens is 4. The highest BCUT2D eigenvalue weighted by Gasteiger charge is 2.21. The molecule has 0 saturated carbocycles. The van der Waals surface area contributed by atoms with Gasteiger partial charge in [-0.3, -0.25) is 24.2 Å². The number of H-pyrrole nitrogens is 2. The third-order valence-electron chi connectivity index (χ3n) is 5.69. The summed E-state index contributed by atoms with van der Waals surface area (Å²) in [7, 11) is 2.47. The van der Waals surface area contributed by atoms with Gasteiger partial charge in [-0.15, -0.1) is 0 Å². The number of carbonyl (C=O) groups is 3. The molecule has 0 saturated heterocycles. The number of nitrogens with one attached hydrogen (secondary N) is 3. The highest BCUT2D eigenvalue weighted by atomic mass is 32.1. The van der Waals surface area contributed by atoms with Crippen LogP contribution < -0.4 is 16.5 Å². The van der Waals surface area contributed by atoms with E-state index in [2.05, 4.69) is 15.4 Å². The monoisotopic (exact) mass is 569 g/mol. The largest absolute Gasteiger partial charge is 0.465 e. The lowest BCUT2D eigenvalue weighted by Crippen LogP contribution is -2.34. The van der Waals surface area contributed by atoms with E-state index in [1.807, 2.05) is 0 Å². The summed E-state index contributed by atoms with van der Waals surface area (Å²) in [5.41, 5.74) is 2.32. The number of benzene rings is 2. The van der Waals surface area contributed by atoms with E-state index in [4.69, 9.17) is 33.9 Å². The molecule has 0 bridgehead atoms. The summed E-state index contributed by atoms with van der Waals surface area (Å²) in [6.07, 6.45) is 0. The average molecular weight is 570 g/mol. The predicted molar refractivity (Wildman–Crippen MR) is 144 cm³/mol. The van der Waals surface area contributed by atoms with Gasteiger partial charge in [0.15, 0.2) is 8.73 Å². The van der Waals surface area contributed by atoms with Crippen molar-refractivity contribution in [2.24, 2.45) is 0 Å². The SMILES string of the molecule is COC(=O)c1ccc2c(=O)n(NC(=O)c3sc(=S)n4c3[nH]c(=O)c3ccc(C(=O)OC)cc34)c(=S)[nH]c2c1. The molecule has 3 aromatic heterocycles. The molecule has 38 heavy (non-hydrogen) atoms. The van der Waals surface area contributed by atoms with Crippen molar-refractivity contribution >= 4 is 81.1 Å². The Balaban J connectivity index is 1.63. The summed E-state index contributed by atoms with van der Waals surface area (Å²) in [6, 6.07) is 8.57. The molecular formula is C23H15N5O7S3. The lowest BCUT2D eigenvalue weighted by atomic mass is 10.1. The lowest BCUT2D eigenvalue weighted by molar-refractivity contribution is 0.0592. The number of methoxy groups -OCH3 is 2. The lowest BCUT2D eigenvalue weighted by Gasteiger charge is -2.10. The zero-order valence-electron chi connectivity index (χ0n) is 19.4. The molecule has 5 aromatic rings. The molecule has 0 aliphatic carbocycles. The van der Waals surface area contributed by atoms with Gasteiger partial charge in [0.2, 0.25) is 0 Å². The van der Waals surface area contributed by atoms with Crippen LogP contribution in [0.5, 0.6) is 0 Å². The highest BCUT2D eigenvalue weighted by Crippen LogP contribution is 2.24. The van der Waals surface area contributed by atoms with Gasteiger partial charge in [-0.1, -0.05) is 11.3 Å². The van der Waals surface area contributed by atoms with Crippen molar-refractivity contribution in [3.63, 3.8) is 0 Å². The molecule has 1 amide bonds.